The molecule has 0 fully saturated rings. The Morgan fingerprint density at radius 3 is 2.27 bits per heavy atom. The second kappa shape index (κ2) is 8.86. The van der Waals surface area contributed by atoms with Crippen LogP contribution in [0.3, 0.4) is 0 Å². The lowest BCUT2D eigenvalue weighted by molar-refractivity contribution is 0.204. The minimum absolute atomic E-state index is 0.565. The van der Waals surface area contributed by atoms with E-state index >= 15 is 0 Å². The first-order valence-corrected chi connectivity index (χ1v) is 7.29. The van der Waals surface area contributed by atoms with E-state index in [4.69, 9.17) is 17.0 Å². The van der Waals surface area contributed by atoms with E-state index in [2.05, 4.69) is 20.9 Å². The van der Waals surface area contributed by atoms with E-state index in [1.54, 1.807) is 7.11 Å². The van der Waals surface area contributed by atoms with E-state index in [1.165, 1.54) is 0 Å². The summed E-state index contributed by atoms with van der Waals surface area (Å²) < 4.78 is 4.95. The van der Waals surface area contributed by atoms with E-state index in [-0.39, 0.29) is 0 Å². The average Bonchev–Trinajstić information content (AvgIpc) is 2.55. The summed E-state index contributed by atoms with van der Waals surface area (Å²) in [6.45, 7) is 1.28. The highest BCUT2D eigenvalue weighted by atomic mass is 32.1. The van der Waals surface area contributed by atoms with Crippen LogP contribution in [0, 0.1) is 0 Å². The molecule has 0 radical (unpaired) electrons. The van der Waals surface area contributed by atoms with Crippen LogP contribution < -0.4 is 10.6 Å². The Kier molecular flexibility index (Phi) is 6.47. The number of methoxy groups -OCH3 is 1. The fourth-order valence-electron chi connectivity index (χ4n) is 1.66. The minimum Gasteiger partial charge on any atom is -0.383 e. The predicted octanol–water partition coefficient (Wildman–Crippen LogP) is 4.03. The largest absolute Gasteiger partial charge is 0.383 e. The SMILES string of the molecule is COCCNC(=S)Nc1ccc(N=Nc2ccccc2)cc1. The molecule has 0 unspecified atom stereocenters. The normalized spacial score (nSPS) is 10.6. The van der Waals surface area contributed by atoms with Crippen LogP contribution in [0.4, 0.5) is 17.1 Å². The molecule has 0 saturated carbocycles. The first-order chi connectivity index (χ1) is 10.8. The van der Waals surface area contributed by atoms with E-state index < -0.39 is 0 Å². The summed E-state index contributed by atoms with van der Waals surface area (Å²) in [4.78, 5) is 0. The molecule has 0 bridgehead atoms. The number of benzene rings is 2. The standard InChI is InChI=1S/C16H18N4OS/c1-21-12-11-17-16(22)18-13-7-9-15(10-8-13)20-19-14-5-3-2-4-6-14/h2-10H,11-12H2,1H3,(H2,17,18,22). The van der Waals surface area contributed by atoms with Gasteiger partial charge in [-0.05, 0) is 48.6 Å². The first kappa shape index (κ1) is 16.1. The average molecular weight is 314 g/mol. The van der Waals surface area contributed by atoms with Gasteiger partial charge in [0, 0.05) is 19.3 Å². The lowest BCUT2D eigenvalue weighted by Gasteiger charge is -2.09. The Hall–Kier alpha value is -2.31. The summed E-state index contributed by atoms with van der Waals surface area (Å²) >= 11 is 5.18. The molecule has 2 rings (SSSR count). The maximum absolute atomic E-state index is 5.18. The minimum atomic E-state index is 0.565. The molecule has 0 aromatic heterocycles. The number of azo groups is 1. The number of anilines is 1. The van der Waals surface area contributed by atoms with Gasteiger partial charge in [-0.3, -0.25) is 0 Å². The predicted molar refractivity (Wildman–Crippen MR) is 93.2 cm³/mol. The van der Waals surface area contributed by atoms with Crippen molar-refractivity contribution in [3.05, 3.63) is 54.6 Å². The number of hydrogen-bond acceptors (Lipinski definition) is 4. The van der Waals surface area contributed by atoms with Gasteiger partial charge >= 0.3 is 0 Å². The van der Waals surface area contributed by atoms with Gasteiger partial charge in [0.15, 0.2) is 5.11 Å². The lowest BCUT2D eigenvalue weighted by Crippen LogP contribution is -2.31. The third-order valence-corrected chi connectivity index (χ3v) is 3.00. The zero-order valence-corrected chi connectivity index (χ0v) is 13.1. The highest BCUT2D eigenvalue weighted by Crippen LogP contribution is 2.19. The molecule has 0 saturated heterocycles. The van der Waals surface area contributed by atoms with Gasteiger partial charge in [-0.25, -0.2) is 0 Å². The van der Waals surface area contributed by atoms with Crippen molar-refractivity contribution in [3.8, 4) is 0 Å². The van der Waals surface area contributed by atoms with Crippen LogP contribution >= 0.6 is 12.2 Å². The topological polar surface area (TPSA) is 58.0 Å². The van der Waals surface area contributed by atoms with Gasteiger partial charge in [0.1, 0.15) is 0 Å². The molecular formula is C16H18N4OS. The molecule has 2 aromatic rings. The summed E-state index contributed by atoms with van der Waals surface area (Å²) in [6.07, 6.45) is 0. The van der Waals surface area contributed by atoms with Gasteiger partial charge in [0.2, 0.25) is 0 Å². The van der Waals surface area contributed by atoms with E-state index in [0.29, 0.717) is 18.3 Å². The molecule has 0 spiro atoms. The molecule has 0 aliphatic heterocycles. The van der Waals surface area contributed by atoms with Crippen molar-refractivity contribution in [3.63, 3.8) is 0 Å². The third kappa shape index (κ3) is 5.59. The molecule has 0 atom stereocenters. The van der Waals surface area contributed by atoms with Crippen LogP contribution in [0.25, 0.3) is 0 Å². The molecule has 0 aliphatic rings. The van der Waals surface area contributed by atoms with Gasteiger partial charge in [-0.15, -0.1) is 0 Å². The molecule has 6 heteroatoms. The van der Waals surface area contributed by atoms with Crippen molar-refractivity contribution < 1.29 is 4.74 Å². The zero-order chi connectivity index (χ0) is 15.6. The molecule has 0 aliphatic carbocycles. The number of thiocarbonyl (C=S) groups is 1. The van der Waals surface area contributed by atoms with Crippen molar-refractivity contribution in [1.82, 2.24) is 5.32 Å². The van der Waals surface area contributed by atoms with Gasteiger partial charge in [-0.2, -0.15) is 10.2 Å². The molecule has 5 nitrogen and oxygen atoms in total. The smallest absolute Gasteiger partial charge is 0.170 e. The van der Waals surface area contributed by atoms with Crippen molar-refractivity contribution >= 4 is 34.4 Å². The monoisotopic (exact) mass is 314 g/mol. The highest BCUT2D eigenvalue weighted by Gasteiger charge is 1.97. The molecule has 0 amide bonds. The molecule has 2 N–H and O–H groups in total. The Balaban J connectivity index is 1.87. The summed E-state index contributed by atoms with van der Waals surface area (Å²) in [6, 6.07) is 17.2. The second-order valence-corrected chi connectivity index (χ2v) is 4.86. The first-order valence-electron chi connectivity index (χ1n) is 6.88. The van der Waals surface area contributed by atoms with Gasteiger partial charge in [-0.1, -0.05) is 18.2 Å². The summed E-state index contributed by atoms with van der Waals surface area (Å²) in [5.41, 5.74) is 2.51. The van der Waals surface area contributed by atoms with Gasteiger partial charge in [0.25, 0.3) is 0 Å². The van der Waals surface area contributed by atoms with Gasteiger partial charge < -0.3 is 15.4 Å². The maximum Gasteiger partial charge on any atom is 0.170 e. The van der Waals surface area contributed by atoms with Crippen LogP contribution in [-0.2, 0) is 4.74 Å². The summed E-state index contributed by atoms with van der Waals surface area (Å²) in [5, 5.41) is 15.1. The van der Waals surface area contributed by atoms with Crippen LogP contribution in [0.15, 0.2) is 64.8 Å². The van der Waals surface area contributed by atoms with Crippen LogP contribution in [0.5, 0.6) is 0 Å². The quantitative estimate of drug-likeness (QED) is 0.480. The molecule has 114 valence electrons. The third-order valence-electron chi connectivity index (χ3n) is 2.75. The Morgan fingerprint density at radius 1 is 1.00 bits per heavy atom. The Labute approximate surface area is 135 Å². The summed E-state index contributed by atoms with van der Waals surface area (Å²) in [5.74, 6) is 0. The fraction of sp³-hybridized carbons (Fsp3) is 0.188. The van der Waals surface area contributed by atoms with Crippen molar-refractivity contribution in [2.45, 2.75) is 0 Å². The molecule has 22 heavy (non-hydrogen) atoms. The van der Waals surface area contributed by atoms with Crippen LogP contribution in [0.2, 0.25) is 0 Å². The maximum atomic E-state index is 5.18. The second-order valence-electron chi connectivity index (χ2n) is 4.46. The number of hydrogen-bond donors (Lipinski definition) is 2. The van der Waals surface area contributed by atoms with E-state index in [1.807, 2.05) is 54.6 Å². The van der Waals surface area contributed by atoms with Crippen LogP contribution in [0.1, 0.15) is 0 Å². The van der Waals surface area contributed by atoms with Crippen molar-refractivity contribution in [1.29, 1.82) is 0 Å². The number of nitrogens with one attached hydrogen (secondary N) is 2. The van der Waals surface area contributed by atoms with E-state index in [9.17, 15) is 0 Å². The number of rotatable bonds is 6. The van der Waals surface area contributed by atoms with Gasteiger partial charge in [0.05, 0.1) is 18.0 Å². The lowest BCUT2D eigenvalue weighted by atomic mass is 10.3. The molecular weight excluding hydrogens is 296 g/mol. The number of nitrogens with zero attached hydrogens (tertiary/aromatic N) is 2. The summed E-state index contributed by atoms with van der Waals surface area (Å²) in [7, 11) is 1.65. The number of ether oxygens (including phenoxy) is 1. The highest BCUT2D eigenvalue weighted by molar-refractivity contribution is 7.80. The fourth-order valence-corrected chi connectivity index (χ4v) is 1.88. The Morgan fingerprint density at radius 2 is 1.64 bits per heavy atom. The molecule has 0 heterocycles. The Bertz CT molecular complexity index is 614. The van der Waals surface area contributed by atoms with Crippen molar-refractivity contribution in [2.24, 2.45) is 10.2 Å². The van der Waals surface area contributed by atoms with Crippen LogP contribution in [-0.4, -0.2) is 25.4 Å². The molecule has 2 aromatic carbocycles. The van der Waals surface area contributed by atoms with Crippen molar-refractivity contribution in [2.75, 3.05) is 25.6 Å². The zero-order valence-electron chi connectivity index (χ0n) is 12.3. The van der Waals surface area contributed by atoms with E-state index in [0.717, 1.165) is 17.1 Å².